The zero-order valence-electron chi connectivity index (χ0n) is 23.7. The highest BCUT2D eigenvalue weighted by Gasteiger charge is 2.36. The van der Waals surface area contributed by atoms with Crippen LogP contribution in [-0.2, 0) is 11.2 Å². The molecule has 5 rings (SSSR count). The van der Waals surface area contributed by atoms with Crippen molar-refractivity contribution < 1.29 is 18.7 Å². The fraction of sp³-hybridized carbons (Fsp3) is 0.633. The number of hydrogen-bond donors (Lipinski definition) is 2. The predicted octanol–water partition coefficient (Wildman–Crippen LogP) is 4.74. The summed E-state index contributed by atoms with van der Waals surface area (Å²) in [7, 11) is 0. The molecule has 0 aliphatic carbocycles. The van der Waals surface area contributed by atoms with E-state index in [1.807, 2.05) is 12.1 Å². The number of piperidine rings is 2. The number of carbonyl (C=O) groups is 2. The molecule has 4 heterocycles. The van der Waals surface area contributed by atoms with Gasteiger partial charge in [0.25, 0.3) is 0 Å². The van der Waals surface area contributed by atoms with Crippen LogP contribution in [0.25, 0.3) is 0 Å². The molecule has 0 spiro atoms. The molecule has 1 aromatic heterocycles. The fourth-order valence-corrected chi connectivity index (χ4v) is 7.52. The van der Waals surface area contributed by atoms with Crippen molar-refractivity contribution in [1.29, 1.82) is 0 Å². The van der Waals surface area contributed by atoms with E-state index >= 15 is 0 Å². The molecule has 40 heavy (non-hydrogen) atoms. The molecule has 0 radical (unpaired) electrons. The van der Waals surface area contributed by atoms with Gasteiger partial charge in [-0.15, -0.1) is 0 Å². The molecule has 10 heteroatoms. The van der Waals surface area contributed by atoms with E-state index in [4.69, 9.17) is 4.74 Å². The van der Waals surface area contributed by atoms with Crippen LogP contribution in [0.15, 0.2) is 24.3 Å². The van der Waals surface area contributed by atoms with Crippen molar-refractivity contribution in [3.63, 3.8) is 0 Å². The molecular formula is C30H42FN5O3S. The van der Waals surface area contributed by atoms with Gasteiger partial charge in [-0.25, -0.2) is 14.2 Å². The van der Waals surface area contributed by atoms with Crippen molar-refractivity contribution in [3.05, 3.63) is 46.2 Å². The smallest absolute Gasteiger partial charge is 0.321 e. The first kappa shape index (κ1) is 29.1. The average Bonchev–Trinajstić information content (AvgIpc) is 3.31. The van der Waals surface area contributed by atoms with Gasteiger partial charge in [-0.3, -0.25) is 15.0 Å². The summed E-state index contributed by atoms with van der Waals surface area (Å²) in [5.74, 6) is 0.626. The lowest BCUT2D eigenvalue weighted by molar-refractivity contribution is 0.00494. The third kappa shape index (κ3) is 7.66. The van der Waals surface area contributed by atoms with Crippen molar-refractivity contribution in [2.24, 2.45) is 11.8 Å². The lowest BCUT2D eigenvalue weighted by atomic mass is 9.87. The lowest BCUT2D eigenvalue weighted by Gasteiger charge is -2.45. The third-order valence-electron chi connectivity index (χ3n) is 8.66. The molecule has 0 saturated carbocycles. The molecule has 2 N–H and O–H groups in total. The normalized spacial score (nSPS) is 25.0. The number of aromatic nitrogens is 1. The minimum Gasteiger partial charge on any atom is -0.381 e. The van der Waals surface area contributed by atoms with Gasteiger partial charge in [0.15, 0.2) is 10.9 Å². The highest BCUT2D eigenvalue weighted by molar-refractivity contribution is 7.17. The highest BCUT2D eigenvalue weighted by Crippen LogP contribution is 2.28. The summed E-state index contributed by atoms with van der Waals surface area (Å²) < 4.78 is 19.0. The maximum absolute atomic E-state index is 13.4. The molecule has 3 aliphatic heterocycles. The Labute approximate surface area is 240 Å². The Kier molecular flexibility index (Phi) is 9.83. The Morgan fingerprint density at radius 1 is 1.10 bits per heavy atom. The molecular weight excluding hydrogens is 529 g/mol. The number of rotatable bonds is 8. The number of urea groups is 1. The van der Waals surface area contributed by atoms with Crippen molar-refractivity contribution in [2.45, 2.75) is 64.5 Å². The topological polar surface area (TPSA) is 86.8 Å². The number of nitrogens with one attached hydrogen (secondary N) is 2. The molecule has 3 aliphatic rings. The second-order valence-electron chi connectivity index (χ2n) is 11.7. The van der Waals surface area contributed by atoms with Crippen LogP contribution in [0.4, 0.5) is 14.3 Å². The molecule has 1 aromatic carbocycles. The number of carbonyl (C=O) groups excluding carboxylic acids is 2. The molecule has 3 fully saturated rings. The maximum Gasteiger partial charge on any atom is 0.321 e. The average molecular weight is 572 g/mol. The predicted molar refractivity (Wildman–Crippen MR) is 156 cm³/mol. The lowest BCUT2D eigenvalue weighted by Crippen LogP contribution is -2.57. The second kappa shape index (κ2) is 13.5. The first-order chi connectivity index (χ1) is 19.3. The zero-order valence-corrected chi connectivity index (χ0v) is 24.5. The van der Waals surface area contributed by atoms with E-state index in [0.29, 0.717) is 33.6 Å². The van der Waals surface area contributed by atoms with Gasteiger partial charge in [0.05, 0.1) is 10.6 Å². The summed E-state index contributed by atoms with van der Waals surface area (Å²) in [5, 5.41) is 6.59. The van der Waals surface area contributed by atoms with Crippen molar-refractivity contribution in [2.75, 3.05) is 51.3 Å². The first-order valence-electron chi connectivity index (χ1n) is 14.7. The van der Waals surface area contributed by atoms with Crippen LogP contribution in [0, 0.1) is 24.6 Å². The van der Waals surface area contributed by atoms with E-state index < -0.39 is 0 Å². The van der Waals surface area contributed by atoms with E-state index in [9.17, 15) is 14.0 Å². The number of likely N-dealkylation sites (tertiary alicyclic amines) is 2. The summed E-state index contributed by atoms with van der Waals surface area (Å²) in [4.78, 5) is 35.0. The third-order valence-corrected chi connectivity index (χ3v) is 9.83. The van der Waals surface area contributed by atoms with E-state index in [1.54, 1.807) is 19.1 Å². The Bertz CT molecular complexity index is 1150. The van der Waals surface area contributed by atoms with Crippen LogP contribution in [0.3, 0.4) is 0 Å². The molecule has 2 amide bonds. The number of ketones is 1. The van der Waals surface area contributed by atoms with Crippen LogP contribution >= 0.6 is 11.3 Å². The van der Waals surface area contributed by atoms with Gasteiger partial charge in [0.2, 0.25) is 0 Å². The van der Waals surface area contributed by atoms with E-state index in [2.05, 4.69) is 25.4 Å². The maximum atomic E-state index is 13.4. The van der Waals surface area contributed by atoms with Gasteiger partial charge in [-0.1, -0.05) is 23.5 Å². The largest absolute Gasteiger partial charge is 0.381 e. The molecule has 8 nitrogen and oxygen atoms in total. The summed E-state index contributed by atoms with van der Waals surface area (Å²) in [6.45, 7) is 9.91. The fourth-order valence-electron chi connectivity index (χ4n) is 6.66. The Morgan fingerprint density at radius 3 is 2.60 bits per heavy atom. The number of thiazole rings is 1. The summed E-state index contributed by atoms with van der Waals surface area (Å²) in [6.07, 6.45) is 6.34. The van der Waals surface area contributed by atoms with Gasteiger partial charge in [0, 0.05) is 64.3 Å². The number of hydrogen-bond acceptors (Lipinski definition) is 7. The summed E-state index contributed by atoms with van der Waals surface area (Å²) in [5.41, 5.74) is 1.84. The number of Topliss-reactive ketones (excluding diaryl/α,β-unsaturated/α-hetero) is 1. The Hall–Kier alpha value is -2.40. The monoisotopic (exact) mass is 571 g/mol. The van der Waals surface area contributed by atoms with Crippen LogP contribution in [0.5, 0.6) is 0 Å². The van der Waals surface area contributed by atoms with Crippen LogP contribution in [0.2, 0.25) is 0 Å². The first-order valence-corrected chi connectivity index (χ1v) is 15.5. The Morgan fingerprint density at radius 2 is 1.88 bits per heavy atom. The van der Waals surface area contributed by atoms with Crippen molar-refractivity contribution in [3.8, 4) is 0 Å². The van der Waals surface area contributed by atoms with Gasteiger partial charge in [0.1, 0.15) is 5.82 Å². The molecule has 0 bridgehead atoms. The van der Waals surface area contributed by atoms with Crippen LogP contribution in [0.1, 0.15) is 60.0 Å². The van der Waals surface area contributed by atoms with Gasteiger partial charge >= 0.3 is 6.03 Å². The zero-order chi connectivity index (χ0) is 28.1. The van der Waals surface area contributed by atoms with Crippen molar-refractivity contribution >= 4 is 28.3 Å². The summed E-state index contributed by atoms with van der Waals surface area (Å²) >= 11 is 1.23. The quantitative estimate of drug-likeness (QED) is 0.446. The minimum atomic E-state index is -0.258. The van der Waals surface area contributed by atoms with Gasteiger partial charge < -0.3 is 15.0 Å². The number of amides is 2. The van der Waals surface area contributed by atoms with Gasteiger partial charge in [-0.05, 0) is 75.6 Å². The number of nitrogens with zero attached hydrogens (tertiary/aromatic N) is 3. The highest BCUT2D eigenvalue weighted by atomic mass is 32.1. The van der Waals surface area contributed by atoms with Crippen LogP contribution < -0.4 is 10.6 Å². The van der Waals surface area contributed by atoms with E-state index in [1.165, 1.54) is 30.2 Å². The molecule has 3 saturated heterocycles. The van der Waals surface area contributed by atoms with Gasteiger partial charge in [-0.2, -0.15) is 0 Å². The summed E-state index contributed by atoms with van der Waals surface area (Å²) in [6, 6.07) is 7.26. The SMILES string of the molecule is CC(=O)c1sc(NC(=O)N[C@@H]2CCN(C3CCOCC3)C[C@H]2CN2CCC[C@@H](Cc3ccc(F)cc3)C2)nc1C. The van der Waals surface area contributed by atoms with E-state index in [-0.39, 0.29) is 23.7 Å². The number of benzene rings is 1. The molecule has 218 valence electrons. The molecule has 3 atom stereocenters. The number of ether oxygens (including phenoxy) is 1. The minimum absolute atomic E-state index is 0.0386. The number of anilines is 1. The standard InChI is InChI=1S/C30H42FN5O3S/c1-20-28(21(2)37)40-30(32-20)34-29(38)33-27-9-13-36(26-10-14-39-15-11-26)19-24(27)18-35-12-3-4-23(17-35)16-22-5-7-25(31)8-6-22/h5-8,23-24,26-27H,3-4,9-19H2,1-2H3,(H2,32,33,34,38)/t23-,24+,27+/m0/s1. The second-order valence-corrected chi connectivity index (χ2v) is 12.7. The Balaban J connectivity index is 1.22. The number of aryl methyl sites for hydroxylation is 1. The number of halogens is 1. The molecule has 2 aromatic rings. The van der Waals surface area contributed by atoms with Crippen LogP contribution in [-0.4, -0.2) is 84.6 Å². The van der Waals surface area contributed by atoms with E-state index in [0.717, 1.165) is 78.0 Å². The molecule has 0 unspecified atom stereocenters. The van der Waals surface area contributed by atoms with Crippen molar-refractivity contribution in [1.82, 2.24) is 20.1 Å².